The molecule has 1 aromatic carbocycles. The molecule has 0 aliphatic rings. The van der Waals surface area contributed by atoms with Crippen LogP contribution in [0.25, 0.3) is 0 Å². The first-order valence-electron chi connectivity index (χ1n) is 6.59. The van der Waals surface area contributed by atoms with E-state index in [9.17, 15) is 4.79 Å². The minimum absolute atomic E-state index is 0.338. The molecule has 4 heteroatoms. The Morgan fingerprint density at radius 1 is 1.30 bits per heavy atom. The van der Waals surface area contributed by atoms with Crippen LogP contribution in [0.4, 0.5) is 0 Å². The molecule has 1 aromatic heterocycles. The summed E-state index contributed by atoms with van der Waals surface area (Å²) in [6.07, 6.45) is 3.13. The van der Waals surface area contributed by atoms with E-state index in [0.717, 1.165) is 6.54 Å². The summed E-state index contributed by atoms with van der Waals surface area (Å²) in [5.74, 6) is -0.338. The van der Waals surface area contributed by atoms with Crippen LogP contribution in [0.15, 0.2) is 48.8 Å². The van der Waals surface area contributed by atoms with Gasteiger partial charge in [0.25, 0.3) is 0 Å². The number of nitrogens with one attached hydrogen (secondary N) is 1. The highest BCUT2D eigenvalue weighted by molar-refractivity contribution is 5.88. The van der Waals surface area contributed by atoms with Crippen molar-refractivity contribution in [2.45, 2.75) is 13.5 Å². The Kier molecular flexibility index (Phi) is 5.26. The summed E-state index contributed by atoms with van der Waals surface area (Å²) < 4.78 is 5.15. The smallest absolute Gasteiger partial charge is 0.339 e. The Bertz CT molecular complexity index is 555. The number of benzene rings is 1. The first kappa shape index (κ1) is 14.2. The first-order valence-corrected chi connectivity index (χ1v) is 6.59. The van der Waals surface area contributed by atoms with Crippen LogP contribution in [-0.2, 0) is 11.3 Å². The molecule has 0 atom stereocenters. The standard InChI is InChI=1S/C16H18N2O2/c1-13-4-2-5-14(10-13)11-18-8-9-20-16(19)15-6-3-7-17-12-15/h2-7,10,12,18H,8-9,11H2,1H3. The number of aryl methyl sites for hydroxylation is 1. The van der Waals surface area contributed by atoms with Crippen LogP contribution in [0.5, 0.6) is 0 Å². The van der Waals surface area contributed by atoms with E-state index in [4.69, 9.17) is 4.74 Å². The number of hydrogen-bond acceptors (Lipinski definition) is 4. The van der Waals surface area contributed by atoms with Gasteiger partial charge in [0.15, 0.2) is 0 Å². The number of carbonyl (C=O) groups excluding carboxylic acids is 1. The molecule has 1 N–H and O–H groups in total. The molecule has 0 aliphatic carbocycles. The van der Waals surface area contributed by atoms with Crippen LogP contribution < -0.4 is 5.32 Å². The number of nitrogens with zero attached hydrogens (tertiary/aromatic N) is 1. The SMILES string of the molecule is Cc1cccc(CNCCOC(=O)c2cccnc2)c1. The number of aromatic nitrogens is 1. The number of hydrogen-bond donors (Lipinski definition) is 1. The zero-order chi connectivity index (χ0) is 14.2. The molecule has 0 spiro atoms. The van der Waals surface area contributed by atoms with Gasteiger partial charge < -0.3 is 10.1 Å². The van der Waals surface area contributed by atoms with E-state index in [0.29, 0.717) is 18.7 Å². The lowest BCUT2D eigenvalue weighted by molar-refractivity contribution is 0.0508. The van der Waals surface area contributed by atoms with Crippen molar-refractivity contribution in [1.82, 2.24) is 10.3 Å². The van der Waals surface area contributed by atoms with Crippen molar-refractivity contribution >= 4 is 5.97 Å². The van der Waals surface area contributed by atoms with Gasteiger partial charge in [-0.25, -0.2) is 4.79 Å². The molecule has 104 valence electrons. The topological polar surface area (TPSA) is 51.2 Å². The van der Waals surface area contributed by atoms with Gasteiger partial charge in [-0.15, -0.1) is 0 Å². The predicted octanol–water partition coefficient (Wildman–Crippen LogP) is 2.34. The lowest BCUT2D eigenvalue weighted by Gasteiger charge is -2.07. The van der Waals surface area contributed by atoms with E-state index in [1.807, 2.05) is 6.07 Å². The molecule has 2 rings (SSSR count). The Balaban J connectivity index is 1.66. The third-order valence-corrected chi connectivity index (χ3v) is 2.82. The van der Waals surface area contributed by atoms with E-state index >= 15 is 0 Å². The van der Waals surface area contributed by atoms with Gasteiger partial charge in [0.1, 0.15) is 6.61 Å². The van der Waals surface area contributed by atoms with Gasteiger partial charge in [-0.2, -0.15) is 0 Å². The van der Waals surface area contributed by atoms with Gasteiger partial charge in [0.2, 0.25) is 0 Å². The normalized spacial score (nSPS) is 10.2. The van der Waals surface area contributed by atoms with Gasteiger partial charge in [-0.05, 0) is 24.6 Å². The maximum Gasteiger partial charge on any atom is 0.339 e. The fraction of sp³-hybridized carbons (Fsp3) is 0.250. The van der Waals surface area contributed by atoms with Crippen molar-refractivity contribution in [2.24, 2.45) is 0 Å². The monoisotopic (exact) mass is 270 g/mol. The van der Waals surface area contributed by atoms with E-state index < -0.39 is 0 Å². The summed E-state index contributed by atoms with van der Waals surface area (Å²) in [5, 5.41) is 3.24. The molecule has 1 heterocycles. The molecule has 4 nitrogen and oxygen atoms in total. The molecular weight excluding hydrogens is 252 g/mol. The molecule has 0 aliphatic heterocycles. The van der Waals surface area contributed by atoms with Gasteiger partial charge in [0, 0.05) is 25.5 Å². The summed E-state index contributed by atoms with van der Waals surface area (Å²) in [5.41, 5.74) is 2.95. The van der Waals surface area contributed by atoms with Gasteiger partial charge >= 0.3 is 5.97 Å². The molecule has 20 heavy (non-hydrogen) atoms. The molecule has 0 saturated carbocycles. The zero-order valence-electron chi connectivity index (χ0n) is 11.5. The Morgan fingerprint density at radius 2 is 2.20 bits per heavy atom. The van der Waals surface area contributed by atoms with Crippen molar-refractivity contribution in [3.8, 4) is 0 Å². The average molecular weight is 270 g/mol. The third-order valence-electron chi connectivity index (χ3n) is 2.82. The van der Waals surface area contributed by atoms with Crippen LogP contribution in [0.3, 0.4) is 0 Å². The van der Waals surface area contributed by atoms with E-state index in [-0.39, 0.29) is 5.97 Å². The molecule has 0 saturated heterocycles. The van der Waals surface area contributed by atoms with E-state index in [1.54, 1.807) is 18.3 Å². The Hall–Kier alpha value is -2.20. The summed E-state index contributed by atoms with van der Waals surface area (Å²) in [6, 6.07) is 11.7. The minimum atomic E-state index is -0.338. The van der Waals surface area contributed by atoms with Crippen molar-refractivity contribution in [2.75, 3.05) is 13.2 Å². The quantitative estimate of drug-likeness (QED) is 0.646. The summed E-state index contributed by atoms with van der Waals surface area (Å²) in [6.45, 7) is 3.81. The second-order valence-corrected chi connectivity index (χ2v) is 4.54. The molecule has 0 radical (unpaired) electrons. The molecular formula is C16H18N2O2. The van der Waals surface area contributed by atoms with Crippen LogP contribution in [0, 0.1) is 6.92 Å². The van der Waals surface area contributed by atoms with Gasteiger partial charge in [-0.1, -0.05) is 29.8 Å². The van der Waals surface area contributed by atoms with Crippen LogP contribution in [0.2, 0.25) is 0 Å². The van der Waals surface area contributed by atoms with Crippen molar-refractivity contribution in [3.63, 3.8) is 0 Å². The maximum atomic E-state index is 11.6. The first-order chi connectivity index (χ1) is 9.75. The maximum absolute atomic E-state index is 11.6. The molecule has 0 amide bonds. The number of ether oxygens (including phenoxy) is 1. The highest BCUT2D eigenvalue weighted by Gasteiger charge is 2.05. The lowest BCUT2D eigenvalue weighted by atomic mass is 10.1. The van der Waals surface area contributed by atoms with E-state index in [2.05, 4.69) is 35.4 Å². The number of pyridine rings is 1. The molecule has 0 fully saturated rings. The fourth-order valence-corrected chi connectivity index (χ4v) is 1.84. The highest BCUT2D eigenvalue weighted by atomic mass is 16.5. The fourth-order valence-electron chi connectivity index (χ4n) is 1.84. The molecule has 0 unspecified atom stereocenters. The molecule has 2 aromatic rings. The number of rotatable bonds is 6. The average Bonchev–Trinajstić information content (AvgIpc) is 2.48. The highest BCUT2D eigenvalue weighted by Crippen LogP contribution is 2.03. The van der Waals surface area contributed by atoms with Gasteiger partial charge in [0.05, 0.1) is 5.56 Å². The van der Waals surface area contributed by atoms with Crippen molar-refractivity contribution in [1.29, 1.82) is 0 Å². The van der Waals surface area contributed by atoms with Crippen molar-refractivity contribution < 1.29 is 9.53 Å². The number of carbonyl (C=O) groups is 1. The van der Waals surface area contributed by atoms with Crippen LogP contribution in [-0.4, -0.2) is 24.1 Å². The lowest BCUT2D eigenvalue weighted by Crippen LogP contribution is -2.21. The van der Waals surface area contributed by atoms with Crippen LogP contribution in [0.1, 0.15) is 21.5 Å². The summed E-state index contributed by atoms with van der Waals surface area (Å²) >= 11 is 0. The second-order valence-electron chi connectivity index (χ2n) is 4.54. The Labute approximate surface area is 118 Å². The number of esters is 1. The third kappa shape index (κ3) is 4.48. The minimum Gasteiger partial charge on any atom is -0.461 e. The zero-order valence-corrected chi connectivity index (χ0v) is 11.5. The Morgan fingerprint density at radius 3 is 2.95 bits per heavy atom. The van der Waals surface area contributed by atoms with Crippen LogP contribution >= 0.6 is 0 Å². The largest absolute Gasteiger partial charge is 0.461 e. The second kappa shape index (κ2) is 7.40. The summed E-state index contributed by atoms with van der Waals surface area (Å²) in [4.78, 5) is 15.5. The molecule has 0 bridgehead atoms. The van der Waals surface area contributed by atoms with E-state index in [1.165, 1.54) is 17.3 Å². The predicted molar refractivity (Wildman–Crippen MR) is 77.4 cm³/mol. The summed E-state index contributed by atoms with van der Waals surface area (Å²) in [7, 11) is 0. The van der Waals surface area contributed by atoms with Crippen molar-refractivity contribution in [3.05, 3.63) is 65.5 Å². The van der Waals surface area contributed by atoms with Gasteiger partial charge in [-0.3, -0.25) is 4.98 Å².